The largest absolute Gasteiger partial charge is 0.479 e. The van der Waals surface area contributed by atoms with Gasteiger partial charge in [0.1, 0.15) is 5.60 Å². The third kappa shape index (κ3) is 4.52. The van der Waals surface area contributed by atoms with Crippen LogP contribution in [-0.4, -0.2) is 33.7 Å². The molecule has 5 nitrogen and oxygen atoms in total. The summed E-state index contributed by atoms with van der Waals surface area (Å²) in [6.07, 6.45) is 0.834. The van der Waals surface area contributed by atoms with E-state index >= 15 is 0 Å². The highest BCUT2D eigenvalue weighted by Crippen LogP contribution is 2.38. The van der Waals surface area contributed by atoms with E-state index in [1.165, 1.54) is 17.0 Å². The Morgan fingerprint density at radius 3 is 2.35 bits per heavy atom. The number of ether oxygens (including phenoxy) is 1. The first-order chi connectivity index (χ1) is 10.6. The molecule has 0 aromatic heterocycles. The number of hydrogen-bond donors (Lipinski definition) is 1. The molecule has 1 fully saturated rings. The van der Waals surface area contributed by atoms with E-state index in [4.69, 9.17) is 27.9 Å². The molecule has 1 aromatic carbocycles. The van der Waals surface area contributed by atoms with E-state index in [0.717, 1.165) is 12.8 Å². The zero-order chi connectivity index (χ0) is 17.4. The van der Waals surface area contributed by atoms with Crippen LogP contribution in [0.5, 0.6) is 0 Å². The summed E-state index contributed by atoms with van der Waals surface area (Å²) in [5.74, 6) is -1.16. The molecule has 126 valence electrons. The van der Waals surface area contributed by atoms with Gasteiger partial charge in [0.2, 0.25) is 0 Å². The van der Waals surface area contributed by atoms with Crippen LogP contribution in [0.25, 0.3) is 0 Å². The average Bonchev–Trinajstić information content (AvgIpc) is 3.18. The smallest absolute Gasteiger partial charge is 0.411 e. The van der Waals surface area contributed by atoms with Gasteiger partial charge >= 0.3 is 12.1 Å². The quantitative estimate of drug-likeness (QED) is 0.857. The Balaban J connectivity index is 2.40. The molecule has 0 aliphatic heterocycles. The van der Waals surface area contributed by atoms with Gasteiger partial charge in [-0.05, 0) is 45.7 Å². The molecule has 1 aliphatic carbocycles. The van der Waals surface area contributed by atoms with E-state index in [2.05, 4.69) is 0 Å². The van der Waals surface area contributed by atoms with Gasteiger partial charge in [0.25, 0.3) is 0 Å². The van der Waals surface area contributed by atoms with E-state index in [0.29, 0.717) is 10.6 Å². The third-order valence-electron chi connectivity index (χ3n) is 3.31. The van der Waals surface area contributed by atoms with Gasteiger partial charge in [-0.1, -0.05) is 29.3 Å². The van der Waals surface area contributed by atoms with Crippen molar-refractivity contribution >= 4 is 35.3 Å². The Hall–Kier alpha value is -1.46. The van der Waals surface area contributed by atoms with Gasteiger partial charge in [-0.2, -0.15) is 0 Å². The van der Waals surface area contributed by atoms with E-state index in [-0.39, 0.29) is 11.1 Å². The highest BCUT2D eigenvalue weighted by Gasteiger charge is 2.44. The molecule has 7 heteroatoms. The lowest BCUT2D eigenvalue weighted by Gasteiger charge is -2.32. The van der Waals surface area contributed by atoms with Crippen LogP contribution in [-0.2, 0) is 9.53 Å². The summed E-state index contributed by atoms with van der Waals surface area (Å²) in [6, 6.07) is 3.19. The Kier molecular flexibility index (Phi) is 5.11. The Morgan fingerprint density at radius 2 is 1.91 bits per heavy atom. The number of aliphatic carboxylic acids is 1. The molecule has 1 amide bonds. The number of carbonyl (C=O) groups excluding carboxylic acids is 1. The van der Waals surface area contributed by atoms with E-state index in [1.807, 2.05) is 0 Å². The van der Waals surface area contributed by atoms with Crippen LogP contribution in [0, 0.1) is 0 Å². The lowest BCUT2D eigenvalue weighted by Crippen LogP contribution is -2.43. The molecule has 1 saturated carbocycles. The number of halogens is 2. The number of carbonyl (C=O) groups is 2. The van der Waals surface area contributed by atoms with Crippen LogP contribution in [0.15, 0.2) is 18.2 Å². The van der Waals surface area contributed by atoms with Crippen LogP contribution < -0.4 is 0 Å². The van der Waals surface area contributed by atoms with Gasteiger partial charge in [-0.25, -0.2) is 9.59 Å². The minimum atomic E-state index is -1.21. The summed E-state index contributed by atoms with van der Waals surface area (Å²) in [7, 11) is 0. The standard InChI is InChI=1S/C16H19Cl2NO4/c1-16(2,3)23-15(22)19(10-5-6-10)13(14(20)21)11-7-4-9(17)8-12(11)18/h4,7-8,10,13H,5-6H2,1-3H3,(H,20,21). The van der Waals surface area contributed by atoms with Gasteiger partial charge in [0.15, 0.2) is 6.04 Å². The number of nitrogens with zero attached hydrogens (tertiary/aromatic N) is 1. The van der Waals surface area contributed by atoms with Crippen LogP contribution in [0.4, 0.5) is 4.79 Å². The van der Waals surface area contributed by atoms with E-state index in [9.17, 15) is 14.7 Å². The summed E-state index contributed by atoms with van der Waals surface area (Å²) in [4.78, 5) is 25.6. The van der Waals surface area contributed by atoms with Crippen LogP contribution >= 0.6 is 23.2 Å². The van der Waals surface area contributed by atoms with Crippen molar-refractivity contribution in [2.24, 2.45) is 0 Å². The van der Waals surface area contributed by atoms with Crippen molar-refractivity contribution in [3.63, 3.8) is 0 Å². The minimum absolute atomic E-state index is 0.155. The number of hydrogen-bond acceptors (Lipinski definition) is 3. The summed E-state index contributed by atoms with van der Waals surface area (Å²) >= 11 is 12.0. The minimum Gasteiger partial charge on any atom is -0.479 e. The molecule has 0 heterocycles. The fraction of sp³-hybridized carbons (Fsp3) is 0.500. The fourth-order valence-corrected chi connectivity index (χ4v) is 2.77. The second-order valence-corrected chi connectivity index (χ2v) is 7.37. The van der Waals surface area contributed by atoms with Crippen LogP contribution in [0.1, 0.15) is 45.2 Å². The molecule has 1 aromatic rings. The van der Waals surface area contributed by atoms with Gasteiger partial charge in [-0.3, -0.25) is 4.90 Å². The Bertz CT molecular complexity index is 623. The second kappa shape index (κ2) is 6.57. The van der Waals surface area contributed by atoms with Gasteiger partial charge in [-0.15, -0.1) is 0 Å². The van der Waals surface area contributed by atoms with Gasteiger partial charge < -0.3 is 9.84 Å². The predicted molar refractivity (Wildman–Crippen MR) is 87.9 cm³/mol. The molecular weight excluding hydrogens is 341 g/mol. The molecule has 0 saturated heterocycles. The van der Waals surface area contributed by atoms with Crippen molar-refractivity contribution in [3.05, 3.63) is 33.8 Å². The molecule has 1 unspecified atom stereocenters. The normalized spacial score (nSPS) is 15.9. The van der Waals surface area contributed by atoms with Crippen molar-refractivity contribution in [2.45, 2.75) is 51.3 Å². The zero-order valence-electron chi connectivity index (χ0n) is 13.2. The molecule has 1 atom stereocenters. The van der Waals surface area contributed by atoms with Gasteiger partial charge in [0.05, 0.1) is 0 Å². The lowest BCUT2D eigenvalue weighted by atomic mass is 10.1. The van der Waals surface area contributed by atoms with Crippen molar-refractivity contribution in [2.75, 3.05) is 0 Å². The number of carboxylic acid groups (broad SMARTS) is 1. The maximum absolute atomic E-state index is 12.5. The van der Waals surface area contributed by atoms with E-state index < -0.39 is 23.7 Å². The summed E-state index contributed by atoms with van der Waals surface area (Å²) in [5.41, 5.74) is -0.391. The fourth-order valence-electron chi connectivity index (χ4n) is 2.26. The van der Waals surface area contributed by atoms with Crippen LogP contribution in [0.3, 0.4) is 0 Å². The average molecular weight is 360 g/mol. The number of rotatable bonds is 4. The molecule has 1 aliphatic rings. The van der Waals surface area contributed by atoms with Crippen molar-refractivity contribution in [3.8, 4) is 0 Å². The third-order valence-corrected chi connectivity index (χ3v) is 3.88. The maximum Gasteiger partial charge on any atom is 0.411 e. The van der Waals surface area contributed by atoms with E-state index in [1.54, 1.807) is 26.8 Å². The zero-order valence-corrected chi connectivity index (χ0v) is 14.7. The van der Waals surface area contributed by atoms with Crippen molar-refractivity contribution in [1.82, 2.24) is 4.90 Å². The predicted octanol–water partition coefficient (Wildman–Crippen LogP) is 4.52. The highest BCUT2D eigenvalue weighted by atomic mass is 35.5. The molecular formula is C16H19Cl2NO4. The topological polar surface area (TPSA) is 66.8 Å². The monoisotopic (exact) mass is 359 g/mol. The van der Waals surface area contributed by atoms with Crippen molar-refractivity contribution < 1.29 is 19.4 Å². The maximum atomic E-state index is 12.5. The van der Waals surface area contributed by atoms with Crippen molar-refractivity contribution in [1.29, 1.82) is 0 Å². The van der Waals surface area contributed by atoms with Gasteiger partial charge in [0, 0.05) is 21.7 Å². The molecule has 0 spiro atoms. The van der Waals surface area contributed by atoms with Crippen LogP contribution in [0.2, 0.25) is 10.0 Å². The molecule has 1 N–H and O–H groups in total. The summed E-state index contributed by atoms with van der Waals surface area (Å²) in [5, 5.41) is 10.3. The summed E-state index contributed by atoms with van der Waals surface area (Å²) < 4.78 is 5.37. The summed E-state index contributed by atoms with van der Waals surface area (Å²) in [6.45, 7) is 5.21. The SMILES string of the molecule is CC(C)(C)OC(=O)N(C1CC1)C(C(=O)O)c1ccc(Cl)cc1Cl. The Labute approximate surface area is 145 Å². The number of amides is 1. The Morgan fingerprint density at radius 1 is 1.30 bits per heavy atom. The lowest BCUT2D eigenvalue weighted by molar-refractivity contribution is -0.143. The first-order valence-corrected chi connectivity index (χ1v) is 8.05. The molecule has 23 heavy (non-hydrogen) atoms. The second-order valence-electron chi connectivity index (χ2n) is 6.53. The molecule has 0 bridgehead atoms. The number of carboxylic acids is 1. The number of benzene rings is 1. The molecule has 2 rings (SSSR count). The first kappa shape index (κ1) is 17.9. The molecule has 0 radical (unpaired) electrons. The first-order valence-electron chi connectivity index (χ1n) is 7.29. The highest BCUT2D eigenvalue weighted by molar-refractivity contribution is 6.35.